The number of rotatable bonds is 5. The van der Waals surface area contributed by atoms with Crippen LogP contribution in [0.25, 0.3) is 0 Å². The molecule has 0 spiro atoms. The second kappa shape index (κ2) is 9.53. The molecule has 0 amide bonds. The van der Waals surface area contributed by atoms with Crippen molar-refractivity contribution >= 4 is 34.9 Å². The average Bonchev–Trinajstić information content (AvgIpc) is 2.67. The summed E-state index contributed by atoms with van der Waals surface area (Å²) >= 11 is 5.41. The summed E-state index contributed by atoms with van der Waals surface area (Å²) in [6.07, 6.45) is 7.22. The molecule has 2 aliphatic rings. The molecule has 3 rings (SSSR count). The Morgan fingerprint density at radius 2 is 1.85 bits per heavy atom. The minimum absolute atomic E-state index is 0.515. The van der Waals surface area contributed by atoms with E-state index in [1.807, 2.05) is 0 Å². The Morgan fingerprint density at radius 3 is 2.56 bits per heavy atom. The molecule has 2 saturated heterocycles. The quantitative estimate of drug-likeness (QED) is 0.742. The maximum atomic E-state index is 5.41. The molecule has 1 aromatic rings. The maximum Gasteiger partial charge on any atom is 0.232 e. The number of piperidine rings is 2. The fourth-order valence-corrected chi connectivity index (χ4v) is 4.04. The number of thiocarbonyl (C=S) groups is 1. The predicted octanol–water partition coefficient (Wildman–Crippen LogP) is 3.79. The molecule has 1 aromatic heterocycles. The molecule has 7 heteroatoms. The number of anilines is 3. The van der Waals surface area contributed by atoms with Crippen LogP contribution in [-0.4, -0.2) is 47.3 Å². The predicted molar refractivity (Wildman–Crippen MR) is 118 cm³/mol. The Morgan fingerprint density at radius 1 is 1.11 bits per heavy atom. The molecule has 2 aliphatic heterocycles. The van der Waals surface area contributed by atoms with Crippen LogP contribution in [0.3, 0.4) is 0 Å². The summed E-state index contributed by atoms with van der Waals surface area (Å²) < 4.78 is 0. The Kier molecular flexibility index (Phi) is 7.10. The molecule has 0 aromatic carbocycles. The zero-order valence-corrected chi connectivity index (χ0v) is 17.8. The SMILES string of the molecule is CCCNC(=S)Nc1nc(N2CCC(C)CC2)cc(N2CCCC[C@H]2C)n1. The summed E-state index contributed by atoms with van der Waals surface area (Å²) in [7, 11) is 0. The molecule has 2 fully saturated rings. The molecule has 0 unspecified atom stereocenters. The molecule has 0 saturated carbocycles. The Bertz CT molecular complexity index is 629. The number of aromatic nitrogens is 2. The van der Waals surface area contributed by atoms with E-state index in [-0.39, 0.29) is 0 Å². The summed E-state index contributed by atoms with van der Waals surface area (Å²) in [5, 5.41) is 7.01. The summed E-state index contributed by atoms with van der Waals surface area (Å²) in [4.78, 5) is 14.4. The highest BCUT2D eigenvalue weighted by Gasteiger charge is 2.23. The van der Waals surface area contributed by atoms with Gasteiger partial charge in [-0.2, -0.15) is 9.97 Å². The van der Waals surface area contributed by atoms with Gasteiger partial charge in [-0.1, -0.05) is 13.8 Å². The van der Waals surface area contributed by atoms with Crippen LogP contribution in [0.1, 0.15) is 59.3 Å². The van der Waals surface area contributed by atoms with Crippen molar-refractivity contribution in [3.63, 3.8) is 0 Å². The lowest BCUT2D eigenvalue weighted by Crippen LogP contribution is -2.39. The van der Waals surface area contributed by atoms with Gasteiger partial charge in [-0.15, -0.1) is 0 Å². The van der Waals surface area contributed by atoms with Crippen molar-refractivity contribution in [2.24, 2.45) is 5.92 Å². The van der Waals surface area contributed by atoms with E-state index in [2.05, 4.69) is 47.3 Å². The van der Waals surface area contributed by atoms with Gasteiger partial charge in [0.15, 0.2) is 5.11 Å². The van der Waals surface area contributed by atoms with Crippen molar-refractivity contribution in [2.45, 2.75) is 65.3 Å². The zero-order valence-electron chi connectivity index (χ0n) is 17.0. The highest BCUT2D eigenvalue weighted by atomic mass is 32.1. The van der Waals surface area contributed by atoms with Crippen LogP contribution < -0.4 is 20.4 Å². The van der Waals surface area contributed by atoms with Crippen molar-refractivity contribution in [3.05, 3.63) is 6.07 Å². The maximum absolute atomic E-state index is 5.41. The summed E-state index contributed by atoms with van der Waals surface area (Å²) in [5.74, 6) is 3.44. The fraction of sp³-hybridized carbons (Fsp3) is 0.750. The molecule has 27 heavy (non-hydrogen) atoms. The molecule has 3 heterocycles. The number of nitrogens with one attached hydrogen (secondary N) is 2. The van der Waals surface area contributed by atoms with Crippen molar-refractivity contribution in [2.75, 3.05) is 41.3 Å². The molecule has 0 radical (unpaired) electrons. The van der Waals surface area contributed by atoms with Gasteiger partial charge in [-0.25, -0.2) is 0 Å². The third-order valence-corrected chi connectivity index (χ3v) is 5.91. The van der Waals surface area contributed by atoms with E-state index in [9.17, 15) is 0 Å². The van der Waals surface area contributed by atoms with E-state index in [0.29, 0.717) is 17.1 Å². The van der Waals surface area contributed by atoms with E-state index >= 15 is 0 Å². The first-order chi connectivity index (χ1) is 13.1. The van der Waals surface area contributed by atoms with Crippen LogP contribution in [0, 0.1) is 5.92 Å². The molecule has 0 bridgehead atoms. The third kappa shape index (κ3) is 5.43. The topological polar surface area (TPSA) is 56.3 Å². The van der Waals surface area contributed by atoms with E-state index < -0.39 is 0 Å². The van der Waals surface area contributed by atoms with Gasteiger partial charge >= 0.3 is 0 Å². The van der Waals surface area contributed by atoms with E-state index in [0.717, 1.165) is 50.2 Å². The van der Waals surface area contributed by atoms with Crippen molar-refractivity contribution in [1.82, 2.24) is 15.3 Å². The Hall–Kier alpha value is -1.63. The van der Waals surface area contributed by atoms with Gasteiger partial charge in [0.25, 0.3) is 0 Å². The second-order valence-electron chi connectivity index (χ2n) is 8.00. The zero-order chi connectivity index (χ0) is 19.2. The molecule has 6 nitrogen and oxygen atoms in total. The van der Waals surface area contributed by atoms with Crippen LogP contribution in [0.5, 0.6) is 0 Å². The van der Waals surface area contributed by atoms with Gasteiger partial charge in [0, 0.05) is 38.3 Å². The molecule has 150 valence electrons. The van der Waals surface area contributed by atoms with Crippen molar-refractivity contribution < 1.29 is 0 Å². The largest absolute Gasteiger partial charge is 0.362 e. The van der Waals surface area contributed by atoms with Gasteiger partial charge in [-0.3, -0.25) is 0 Å². The van der Waals surface area contributed by atoms with Gasteiger partial charge in [0.1, 0.15) is 11.6 Å². The Balaban J connectivity index is 1.84. The molecular formula is C20H34N6S. The van der Waals surface area contributed by atoms with Crippen LogP contribution >= 0.6 is 12.2 Å². The monoisotopic (exact) mass is 390 g/mol. The lowest BCUT2D eigenvalue weighted by molar-refractivity contribution is 0.436. The molecular weight excluding hydrogens is 356 g/mol. The van der Waals surface area contributed by atoms with Gasteiger partial charge in [-0.05, 0) is 63.6 Å². The van der Waals surface area contributed by atoms with Crippen LogP contribution in [0.4, 0.5) is 17.6 Å². The first-order valence-electron chi connectivity index (χ1n) is 10.5. The number of nitrogens with zero attached hydrogens (tertiary/aromatic N) is 4. The lowest BCUT2D eigenvalue weighted by atomic mass is 9.99. The van der Waals surface area contributed by atoms with Crippen LogP contribution in [0.15, 0.2) is 6.07 Å². The lowest BCUT2D eigenvalue weighted by Gasteiger charge is -2.36. The molecule has 2 N–H and O–H groups in total. The van der Waals surface area contributed by atoms with Crippen molar-refractivity contribution in [3.8, 4) is 0 Å². The van der Waals surface area contributed by atoms with E-state index in [1.165, 1.54) is 32.1 Å². The fourth-order valence-electron chi connectivity index (χ4n) is 3.85. The number of hydrogen-bond acceptors (Lipinski definition) is 5. The standard InChI is InChI=1S/C20H34N6S/c1-4-10-21-20(27)24-19-22-17(25-12-8-15(2)9-13-25)14-18(23-19)26-11-6-5-7-16(26)3/h14-16H,4-13H2,1-3H3,(H2,21,22,23,24,27)/t16-/m1/s1. The first-order valence-corrected chi connectivity index (χ1v) is 10.9. The van der Waals surface area contributed by atoms with Gasteiger partial charge in [0.2, 0.25) is 5.95 Å². The summed E-state index contributed by atoms with van der Waals surface area (Å²) in [6.45, 7) is 10.8. The minimum Gasteiger partial charge on any atom is -0.362 e. The van der Waals surface area contributed by atoms with Gasteiger partial charge in [0.05, 0.1) is 0 Å². The third-order valence-electron chi connectivity index (χ3n) is 5.66. The van der Waals surface area contributed by atoms with Crippen LogP contribution in [-0.2, 0) is 0 Å². The smallest absolute Gasteiger partial charge is 0.232 e. The molecule has 1 atom stereocenters. The highest BCUT2D eigenvalue weighted by molar-refractivity contribution is 7.80. The normalized spacial score (nSPS) is 21.2. The molecule has 0 aliphatic carbocycles. The number of hydrogen-bond donors (Lipinski definition) is 2. The summed E-state index contributed by atoms with van der Waals surface area (Å²) in [5.41, 5.74) is 0. The highest BCUT2D eigenvalue weighted by Crippen LogP contribution is 2.29. The first kappa shape index (κ1) is 20.1. The average molecular weight is 391 g/mol. The van der Waals surface area contributed by atoms with Crippen molar-refractivity contribution in [1.29, 1.82) is 0 Å². The van der Waals surface area contributed by atoms with Crippen LogP contribution in [0.2, 0.25) is 0 Å². The summed E-state index contributed by atoms with van der Waals surface area (Å²) in [6, 6.07) is 2.69. The minimum atomic E-state index is 0.515. The van der Waals surface area contributed by atoms with Gasteiger partial charge < -0.3 is 20.4 Å². The Labute approximate surface area is 169 Å². The van der Waals surface area contributed by atoms with E-state index in [4.69, 9.17) is 22.2 Å². The van der Waals surface area contributed by atoms with E-state index in [1.54, 1.807) is 0 Å². The second-order valence-corrected chi connectivity index (χ2v) is 8.40.